The van der Waals surface area contributed by atoms with Crippen molar-refractivity contribution in [3.05, 3.63) is 24.3 Å². The van der Waals surface area contributed by atoms with Crippen molar-refractivity contribution in [3.8, 4) is 0 Å². The highest BCUT2D eigenvalue weighted by molar-refractivity contribution is 7.90. The summed E-state index contributed by atoms with van der Waals surface area (Å²) >= 11 is 0. The van der Waals surface area contributed by atoms with Crippen molar-refractivity contribution in [2.24, 2.45) is 0 Å². The van der Waals surface area contributed by atoms with Crippen LogP contribution < -0.4 is 10.0 Å². The molecule has 31 heavy (non-hydrogen) atoms. The number of nitrogens with one attached hydrogen (secondary N) is 2. The molecule has 2 N–H and O–H groups in total. The SMILES string of the molecule is CC(C)S(=O)(=O)NCCCCC(=O)Nc1cccc(S(=O)(=O)N2C[C@@H](C)O[C@@H](C)C2)c1. The van der Waals surface area contributed by atoms with Crippen LogP contribution in [0.15, 0.2) is 29.2 Å². The molecule has 9 nitrogen and oxygen atoms in total. The van der Waals surface area contributed by atoms with E-state index in [2.05, 4.69) is 10.0 Å². The summed E-state index contributed by atoms with van der Waals surface area (Å²) in [6, 6.07) is 6.19. The van der Waals surface area contributed by atoms with E-state index in [1.807, 2.05) is 13.8 Å². The van der Waals surface area contributed by atoms with E-state index < -0.39 is 25.3 Å². The van der Waals surface area contributed by atoms with Gasteiger partial charge in [-0.15, -0.1) is 0 Å². The fourth-order valence-corrected chi connectivity index (χ4v) is 5.62. The molecule has 1 aliphatic heterocycles. The molecule has 2 atom stereocenters. The summed E-state index contributed by atoms with van der Waals surface area (Å²) in [5, 5.41) is 2.22. The summed E-state index contributed by atoms with van der Waals surface area (Å²) in [6.07, 6.45) is 0.867. The van der Waals surface area contributed by atoms with Gasteiger partial charge in [0.05, 0.1) is 22.4 Å². The van der Waals surface area contributed by atoms with Gasteiger partial charge in [-0.3, -0.25) is 4.79 Å². The molecule has 1 aliphatic rings. The monoisotopic (exact) mass is 475 g/mol. The molecule has 0 spiro atoms. The van der Waals surface area contributed by atoms with E-state index in [9.17, 15) is 21.6 Å². The average Bonchev–Trinajstić information content (AvgIpc) is 2.67. The molecule has 1 heterocycles. The van der Waals surface area contributed by atoms with Crippen molar-refractivity contribution in [3.63, 3.8) is 0 Å². The normalized spacial score (nSPS) is 20.7. The van der Waals surface area contributed by atoms with Crippen LogP contribution in [0.5, 0.6) is 0 Å². The van der Waals surface area contributed by atoms with Crippen LogP contribution in [0.3, 0.4) is 0 Å². The highest BCUT2D eigenvalue weighted by Crippen LogP contribution is 2.23. The predicted octanol–water partition coefficient (Wildman–Crippen LogP) is 1.92. The van der Waals surface area contributed by atoms with Crippen LogP contribution in [0.2, 0.25) is 0 Å². The lowest BCUT2D eigenvalue weighted by Gasteiger charge is -2.34. The number of carbonyl (C=O) groups is 1. The molecule has 0 aromatic heterocycles. The largest absolute Gasteiger partial charge is 0.373 e. The average molecular weight is 476 g/mol. The second-order valence-electron chi connectivity index (χ2n) is 8.10. The Morgan fingerprint density at radius 2 is 1.77 bits per heavy atom. The van der Waals surface area contributed by atoms with E-state index >= 15 is 0 Å². The van der Waals surface area contributed by atoms with E-state index in [0.29, 0.717) is 18.5 Å². The van der Waals surface area contributed by atoms with Crippen LogP contribution in [-0.2, 0) is 29.6 Å². The topological polar surface area (TPSA) is 122 Å². The molecule has 2 rings (SSSR count). The molecule has 1 aromatic carbocycles. The first-order chi connectivity index (χ1) is 14.4. The van der Waals surface area contributed by atoms with Crippen LogP contribution in [0.1, 0.15) is 47.0 Å². The van der Waals surface area contributed by atoms with Gasteiger partial charge in [-0.2, -0.15) is 4.31 Å². The predicted molar refractivity (Wildman–Crippen MR) is 120 cm³/mol. The molecule has 11 heteroatoms. The minimum Gasteiger partial charge on any atom is -0.373 e. The number of unbranched alkanes of at least 4 members (excludes halogenated alkanes) is 1. The number of morpholine rings is 1. The van der Waals surface area contributed by atoms with Gasteiger partial charge >= 0.3 is 0 Å². The zero-order valence-corrected chi connectivity index (χ0v) is 20.1. The fraction of sp³-hybridized carbons (Fsp3) is 0.650. The third kappa shape index (κ3) is 7.53. The summed E-state index contributed by atoms with van der Waals surface area (Å²) in [7, 11) is -7.00. The number of hydrogen-bond acceptors (Lipinski definition) is 6. The number of carbonyl (C=O) groups excluding carboxylic acids is 1. The molecule has 0 aliphatic carbocycles. The molecule has 0 unspecified atom stereocenters. The molecule has 1 fully saturated rings. The van der Waals surface area contributed by atoms with Crippen molar-refractivity contribution >= 4 is 31.6 Å². The maximum absolute atomic E-state index is 13.0. The lowest BCUT2D eigenvalue weighted by Crippen LogP contribution is -2.48. The summed E-state index contributed by atoms with van der Waals surface area (Å²) in [6.45, 7) is 7.71. The minimum atomic E-state index is -3.69. The van der Waals surface area contributed by atoms with Crippen LogP contribution in [0, 0.1) is 0 Å². The van der Waals surface area contributed by atoms with Crippen molar-refractivity contribution in [1.29, 1.82) is 0 Å². The van der Waals surface area contributed by atoms with Crippen LogP contribution in [0.25, 0.3) is 0 Å². The van der Waals surface area contributed by atoms with Crippen molar-refractivity contribution < 1.29 is 26.4 Å². The molecule has 0 bridgehead atoms. The van der Waals surface area contributed by atoms with E-state index in [0.717, 1.165) is 0 Å². The molecule has 0 saturated carbocycles. The number of sulfonamides is 2. The van der Waals surface area contributed by atoms with Crippen molar-refractivity contribution in [1.82, 2.24) is 9.03 Å². The highest BCUT2D eigenvalue weighted by atomic mass is 32.2. The number of anilines is 1. The summed E-state index contributed by atoms with van der Waals surface area (Å²) in [4.78, 5) is 12.3. The Hall–Kier alpha value is -1.53. The van der Waals surface area contributed by atoms with Crippen LogP contribution in [0.4, 0.5) is 5.69 Å². The number of hydrogen-bond donors (Lipinski definition) is 2. The molecular formula is C20H33N3O6S2. The molecular weight excluding hydrogens is 442 g/mol. The Labute approximate surface area is 185 Å². The van der Waals surface area contributed by atoms with Gasteiger partial charge in [0.15, 0.2) is 0 Å². The number of rotatable bonds is 10. The van der Waals surface area contributed by atoms with Crippen molar-refractivity contribution in [2.45, 2.75) is 69.3 Å². The number of benzene rings is 1. The first-order valence-corrected chi connectivity index (χ1v) is 13.4. The van der Waals surface area contributed by atoms with Crippen LogP contribution in [-0.4, -0.2) is 64.1 Å². The van der Waals surface area contributed by atoms with Crippen molar-refractivity contribution in [2.75, 3.05) is 25.0 Å². The zero-order chi connectivity index (χ0) is 23.2. The van der Waals surface area contributed by atoms with Gasteiger partial charge in [0, 0.05) is 31.7 Å². The number of nitrogens with zero attached hydrogens (tertiary/aromatic N) is 1. The Bertz CT molecular complexity index is 953. The van der Waals surface area contributed by atoms with Gasteiger partial charge in [-0.25, -0.2) is 21.6 Å². The molecule has 1 amide bonds. The lowest BCUT2D eigenvalue weighted by molar-refractivity contribution is -0.116. The summed E-state index contributed by atoms with van der Waals surface area (Å²) in [5.74, 6) is -0.255. The van der Waals surface area contributed by atoms with E-state index in [4.69, 9.17) is 4.74 Å². The Morgan fingerprint density at radius 1 is 1.13 bits per heavy atom. The minimum absolute atomic E-state index is 0.120. The molecule has 1 saturated heterocycles. The Balaban J connectivity index is 1.89. The first kappa shape index (κ1) is 25.7. The second-order valence-corrected chi connectivity index (χ2v) is 12.4. The van der Waals surface area contributed by atoms with E-state index in [-0.39, 0.29) is 49.1 Å². The van der Waals surface area contributed by atoms with Gasteiger partial charge in [0.2, 0.25) is 26.0 Å². The third-order valence-electron chi connectivity index (χ3n) is 4.90. The van der Waals surface area contributed by atoms with Gasteiger partial charge in [-0.05, 0) is 58.7 Å². The van der Waals surface area contributed by atoms with Gasteiger partial charge in [-0.1, -0.05) is 6.07 Å². The van der Waals surface area contributed by atoms with Crippen LogP contribution >= 0.6 is 0 Å². The maximum Gasteiger partial charge on any atom is 0.243 e. The van der Waals surface area contributed by atoms with Gasteiger partial charge in [0.25, 0.3) is 0 Å². The Kier molecular flexibility index (Phi) is 9.02. The van der Waals surface area contributed by atoms with E-state index in [1.54, 1.807) is 26.0 Å². The lowest BCUT2D eigenvalue weighted by atomic mass is 10.2. The maximum atomic E-state index is 13.0. The Morgan fingerprint density at radius 3 is 2.39 bits per heavy atom. The third-order valence-corrected chi connectivity index (χ3v) is 8.57. The molecule has 176 valence electrons. The summed E-state index contributed by atoms with van der Waals surface area (Å²) < 4.78 is 58.9. The number of ether oxygens (including phenoxy) is 1. The molecule has 1 aromatic rings. The summed E-state index contributed by atoms with van der Waals surface area (Å²) in [5.41, 5.74) is 0.404. The highest BCUT2D eigenvalue weighted by Gasteiger charge is 2.32. The van der Waals surface area contributed by atoms with E-state index in [1.165, 1.54) is 16.4 Å². The standard InChI is InChI=1S/C20H33N3O6S2/c1-15(2)30(25,26)21-11-6-5-10-20(24)22-18-8-7-9-19(12-18)31(27,28)23-13-16(3)29-17(4)14-23/h7-9,12,15-17,21H,5-6,10-11,13-14H2,1-4H3,(H,22,24)/t16-,17+. The fourth-order valence-electron chi connectivity index (χ4n) is 3.23. The van der Waals surface area contributed by atoms with Gasteiger partial charge < -0.3 is 10.1 Å². The quantitative estimate of drug-likeness (QED) is 0.499. The second kappa shape index (κ2) is 10.9. The molecule has 0 radical (unpaired) electrons. The van der Waals surface area contributed by atoms with Gasteiger partial charge in [0.1, 0.15) is 0 Å². The zero-order valence-electron chi connectivity index (χ0n) is 18.5. The number of amides is 1. The first-order valence-electron chi connectivity index (χ1n) is 10.5. The smallest absolute Gasteiger partial charge is 0.243 e.